The Labute approximate surface area is 118 Å². The van der Waals surface area contributed by atoms with Crippen LogP contribution in [0.1, 0.15) is 6.92 Å². The maximum absolute atomic E-state index is 11.9. The summed E-state index contributed by atoms with van der Waals surface area (Å²) < 4.78 is 16.6. The van der Waals surface area contributed by atoms with Gasteiger partial charge in [-0.3, -0.25) is 9.36 Å². The third kappa shape index (κ3) is 2.86. The quantitative estimate of drug-likeness (QED) is 0.852. The van der Waals surface area contributed by atoms with E-state index in [-0.39, 0.29) is 16.9 Å². The zero-order valence-electron chi connectivity index (χ0n) is 9.81. The number of nitrogens with one attached hydrogen (secondary N) is 1. The van der Waals surface area contributed by atoms with E-state index in [1.54, 1.807) is 6.92 Å². The number of fused-ring (bicyclic) bond motifs is 1. The van der Waals surface area contributed by atoms with Crippen molar-refractivity contribution in [2.75, 3.05) is 6.61 Å². The van der Waals surface area contributed by atoms with Gasteiger partial charge in [0.15, 0.2) is 0 Å². The van der Waals surface area contributed by atoms with Gasteiger partial charge in [0.05, 0.1) is 17.1 Å². The standard InChI is InChI=1S/C11H10Cl2NO4P/c1-2-18-19(16,17)10-5-7-8(13)3-6(12)4-9(7)14-11(10)15/h3-5H,2H2,1H3,(H,14,15)(H,16,17). The highest BCUT2D eigenvalue weighted by molar-refractivity contribution is 7.61. The predicted molar refractivity (Wildman–Crippen MR) is 75.7 cm³/mol. The fourth-order valence-electron chi connectivity index (χ4n) is 1.68. The molecule has 1 unspecified atom stereocenters. The molecule has 0 fully saturated rings. The van der Waals surface area contributed by atoms with Crippen LogP contribution in [0.2, 0.25) is 10.0 Å². The van der Waals surface area contributed by atoms with Gasteiger partial charge >= 0.3 is 7.60 Å². The topological polar surface area (TPSA) is 79.4 Å². The minimum absolute atomic E-state index is 0.0135. The third-order valence-corrected chi connectivity index (χ3v) is 4.54. The van der Waals surface area contributed by atoms with Crippen LogP contribution in [-0.2, 0) is 9.09 Å². The molecule has 1 atom stereocenters. The van der Waals surface area contributed by atoms with E-state index in [4.69, 9.17) is 27.7 Å². The number of halogens is 2. The monoisotopic (exact) mass is 321 g/mol. The number of aromatic amines is 1. The van der Waals surface area contributed by atoms with E-state index >= 15 is 0 Å². The van der Waals surface area contributed by atoms with E-state index in [2.05, 4.69) is 4.98 Å². The van der Waals surface area contributed by atoms with E-state index in [1.807, 2.05) is 0 Å². The van der Waals surface area contributed by atoms with Crippen LogP contribution < -0.4 is 10.9 Å². The Bertz CT molecular complexity index is 743. The van der Waals surface area contributed by atoms with Crippen molar-refractivity contribution >= 4 is 47.0 Å². The molecule has 2 N–H and O–H groups in total. The van der Waals surface area contributed by atoms with Crippen LogP contribution in [-0.4, -0.2) is 16.5 Å². The Morgan fingerprint density at radius 1 is 1.37 bits per heavy atom. The fraction of sp³-hybridized carbons (Fsp3) is 0.182. The Balaban J connectivity index is 2.76. The SMILES string of the molecule is CCOP(=O)(O)c1cc2c(Cl)cc(Cl)cc2[nH]c1=O. The highest BCUT2D eigenvalue weighted by atomic mass is 35.5. The Morgan fingerprint density at radius 2 is 2.05 bits per heavy atom. The Hall–Kier alpha value is -0.840. The molecule has 5 nitrogen and oxygen atoms in total. The molecule has 102 valence electrons. The van der Waals surface area contributed by atoms with Crippen LogP contribution in [0.25, 0.3) is 10.9 Å². The fourth-order valence-corrected chi connectivity index (χ4v) is 3.32. The van der Waals surface area contributed by atoms with Crippen LogP contribution in [0.15, 0.2) is 23.0 Å². The lowest BCUT2D eigenvalue weighted by Crippen LogP contribution is -2.27. The summed E-state index contributed by atoms with van der Waals surface area (Å²) in [6.07, 6.45) is 0. The van der Waals surface area contributed by atoms with Gasteiger partial charge in [-0.2, -0.15) is 0 Å². The average molecular weight is 322 g/mol. The summed E-state index contributed by atoms with van der Waals surface area (Å²) in [5.41, 5.74) is -0.312. The molecule has 0 saturated heterocycles. The second-order valence-electron chi connectivity index (χ2n) is 3.77. The summed E-state index contributed by atoms with van der Waals surface area (Å²) in [7, 11) is -4.15. The van der Waals surface area contributed by atoms with Gasteiger partial charge in [0.25, 0.3) is 5.56 Å². The molecule has 2 rings (SSSR count). The molecule has 2 aromatic rings. The van der Waals surface area contributed by atoms with Crippen molar-refractivity contribution in [3.63, 3.8) is 0 Å². The van der Waals surface area contributed by atoms with Crippen LogP contribution in [0.4, 0.5) is 0 Å². The minimum Gasteiger partial charge on any atom is -0.321 e. The van der Waals surface area contributed by atoms with Crippen molar-refractivity contribution in [1.29, 1.82) is 0 Å². The maximum Gasteiger partial charge on any atom is 0.364 e. The summed E-state index contributed by atoms with van der Waals surface area (Å²) in [6, 6.07) is 4.25. The zero-order valence-corrected chi connectivity index (χ0v) is 12.2. The molecule has 0 radical (unpaired) electrons. The maximum atomic E-state index is 11.9. The smallest absolute Gasteiger partial charge is 0.321 e. The first kappa shape index (κ1) is 14.6. The van der Waals surface area contributed by atoms with E-state index < -0.39 is 13.2 Å². The molecule has 0 bridgehead atoms. The zero-order chi connectivity index (χ0) is 14.2. The summed E-state index contributed by atoms with van der Waals surface area (Å²) in [5, 5.41) is 0.718. The van der Waals surface area contributed by atoms with Crippen molar-refractivity contribution in [2.45, 2.75) is 6.92 Å². The molecule has 1 aromatic heterocycles. The molecular weight excluding hydrogens is 312 g/mol. The van der Waals surface area contributed by atoms with Gasteiger partial charge in [0.2, 0.25) is 0 Å². The van der Waals surface area contributed by atoms with Crippen LogP contribution in [0.3, 0.4) is 0 Å². The lowest BCUT2D eigenvalue weighted by Gasteiger charge is -2.11. The second-order valence-corrected chi connectivity index (χ2v) is 6.40. The number of pyridine rings is 1. The molecular formula is C11H10Cl2NO4P. The number of hydrogen-bond donors (Lipinski definition) is 2. The largest absolute Gasteiger partial charge is 0.364 e. The summed E-state index contributed by atoms with van der Waals surface area (Å²) in [6.45, 7) is 1.57. The molecule has 0 saturated carbocycles. The second kappa shape index (κ2) is 5.27. The molecule has 0 spiro atoms. The van der Waals surface area contributed by atoms with Gasteiger partial charge in [-0.05, 0) is 25.1 Å². The Morgan fingerprint density at radius 3 is 2.68 bits per heavy atom. The highest BCUT2D eigenvalue weighted by Crippen LogP contribution is 2.40. The van der Waals surface area contributed by atoms with Crippen molar-refractivity contribution < 1.29 is 14.0 Å². The van der Waals surface area contributed by atoms with Gasteiger partial charge < -0.3 is 14.4 Å². The molecule has 1 aromatic carbocycles. The van der Waals surface area contributed by atoms with Crippen LogP contribution >= 0.6 is 30.8 Å². The summed E-state index contributed by atoms with van der Waals surface area (Å²) >= 11 is 11.8. The minimum atomic E-state index is -4.15. The molecule has 0 aliphatic heterocycles. The van der Waals surface area contributed by atoms with E-state index in [9.17, 15) is 14.3 Å². The van der Waals surface area contributed by atoms with Gasteiger partial charge in [-0.25, -0.2) is 0 Å². The number of hydrogen-bond acceptors (Lipinski definition) is 3. The molecule has 8 heteroatoms. The Kier molecular flexibility index (Phi) is 4.04. The van der Waals surface area contributed by atoms with Crippen molar-refractivity contribution in [3.05, 3.63) is 38.6 Å². The summed E-state index contributed by atoms with van der Waals surface area (Å²) in [4.78, 5) is 24.0. The van der Waals surface area contributed by atoms with Crippen molar-refractivity contribution in [2.24, 2.45) is 0 Å². The lowest BCUT2D eigenvalue weighted by molar-refractivity contribution is 0.284. The predicted octanol–water partition coefficient (Wildman–Crippen LogP) is 2.68. The van der Waals surface area contributed by atoms with Gasteiger partial charge in [0.1, 0.15) is 5.30 Å². The van der Waals surface area contributed by atoms with Crippen molar-refractivity contribution in [1.82, 2.24) is 4.98 Å². The van der Waals surface area contributed by atoms with Gasteiger partial charge in [-0.15, -0.1) is 0 Å². The number of H-pyrrole nitrogens is 1. The first-order valence-corrected chi connectivity index (χ1v) is 7.68. The number of benzene rings is 1. The van der Waals surface area contributed by atoms with Crippen LogP contribution in [0.5, 0.6) is 0 Å². The van der Waals surface area contributed by atoms with Crippen LogP contribution in [0, 0.1) is 0 Å². The van der Waals surface area contributed by atoms with E-state index in [0.29, 0.717) is 15.9 Å². The first-order valence-electron chi connectivity index (χ1n) is 5.35. The number of aromatic nitrogens is 1. The van der Waals surface area contributed by atoms with E-state index in [0.717, 1.165) is 0 Å². The molecule has 19 heavy (non-hydrogen) atoms. The highest BCUT2D eigenvalue weighted by Gasteiger charge is 2.26. The van der Waals surface area contributed by atoms with Gasteiger partial charge in [-0.1, -0.05) is 23.2 Å². The molecule has 0 amide bonds. The number of rotatable bonds is 3. The first-order chi connectivity index (χ1) is 8.85. The van der Waals surface area contributed by atoms with E-state index in [1.165, 1.54) is 18.2 Å². The van der Waals surface area contributed by atoms with Gasteiger partial charge in [0, 0.05) is 10.4 Å². The molecule has 0 aliphatic rings. The molecule has 1 heterocycles. The average Bonchev–Trinajstić information content (AvgIpc) is 2.27. The molecule has 0 aliphatic carbocycles. The third-order valence-electron chi connectivity index (χ3n) is 2.46. The van der Waals surface area contributed by atoms with Crippen molar-refractivity contribution in [3.8, 4) is 0 Å². The lowest BCUT2D eigenvalue weighted by atomic mass is 10.2. The normalized spacial score (nSPS) is 14.5. The summed E-state index contributed by atoms with van der Waals surface area (Å²) in [5.74, 6) is 0.